The van der Waals surface area contributed by atoms with Gasteiger partial charge < -0.3 is 14.9 Å². The molecule has 0 aromatic heterocycles. The number of hydrogen-bond acceptors (Lipinski definition) is 4. The minimum atomic E-state index is -0.564. The van der Waals surface area contributed by atoms with E-state index in [4.69, 9.17) is 0 Å². The minimum absolute atomic E-state index is 0.0954. The van der Waals surface area contributed by atoms with Gasteiger partial charge in [-0.2, -0.15) is 0 Å². The maximum atomic E-state index is 11.5. The van der Waals surface area contributed by atoms with Crippen LogP contribution < -0.4 is 0 Å². The van der Waals surface area contributed by atoms with Crippen LogP contribution in [0.4, 0.5) is 0 Å². The summed E-state index contributed by atoms with van der Waals surface area (Å²) in [4.78, 5) is 11.5. The van der Waals surface area contributed by atoms with Crippen LogP contribution in [0.5, 0.6) is 5.75 Å². The Balaban J connectivity index is 2.42. The van der Waals surface area contributed by atoms with E-state index < -0.39 is 12.1 Å². The number of esters is 1. The van der Waals surface area contributed by atoms with Crippen molar-refractivity contribution in [2.24, 2.45) is 0 Å². The Morgan fingerprint density at radius 1 is 1.47 bits per heavy atom. The molecule has 1 fully saturated rings. The van der Waals surface area contributed by atoms with E-state index >= 15 is 0 Å². The number of phenols is 1. The van der Waals surface area contributed by atoms with Gasteiger partial charge in [-0.1, -0.05) is 6.07 Å². The zero-order chi connectivity index (χ0) is 12.6. The van der Waals surface area contributed by atoms with Gasteiger partial charge in [0.1, 0.15) is 11.3 Å². The quantitative estimate of drug-likeness (QED) is 0.782. The van der Waals surface area contributed by atoms with Crippen molar-refractivity contribution in [1.82, 2.24) is 0 Å². The first-order valence-electron chi connectivity index (χ1n) is 5.61. The third kappa shape index (κ3) is 1.89. The number of benzene rings is 1. The lowest BCUT2D eigenvalue weighted by atomic mass is 9.89. The summed E-state index contributed by atoms with van der Waals surface area (Å²) in [5, 5.41) is 19.4. The van der Waals surface area contributed by atoms with Gasteiger partial charge in [0.25, 0.3) is 0 Å². The molecule has 0 radical (unpaired) electrons. The van der Waals surface area contributed by atoms with E-state index in [0.29, 0.717) is 0 Å². The van der Waals surface area contributed by atoms with Gasteiger partial charge in [-0.05, 0) is 37.5 Å². The van der Waals surface area contributed by atoms with Crippen LogP contribution in [0, 0.1) is 0 Å². The first kappa shape index (κ1) is 11.9. The fourth-order valence-electron chi connectivity index (χ4n) is 2.20. The summed E-state index contributed by atoms with van der Waals surface area (Å²) in [6.07, 6.45) is 1.34. The van der Waals surface area contributed by atoms with Crippen LogP contribution in [0.25, 0.3) is 0 Å². The van der Waals surface area contributed by atoms with E-state index in [1.807, 2.05) is 0 Å². The number of aliphatic hydroxyl groups is 1. The molecule has 92 valence electrons. The second-order valence-electron chi connectivity index (χ2n) is 4.56. The molecule has 17 heavy (non-hydrogen) atoms. The number of aliphatic hydroxyl groups excluding tert-OH is 1. The number of carbonyl (C=O) groups is 1. The predicted molar refractivity (Wildman–Crippen MR) is 62.0 cm³/mol. The Bertz CT molecular complexity index is 447. The molecule has 2 rings (SSSR count). The predicted octanol–water partition coefficient (Wildman–Crippen LogP) is 1.59. The van der Waals surface area contributed by atoms with E-state index in [0.717, 1.165) is 18.4 Å². The number of rotatable bonds is 3. The van der Waals surface area contributed by atoms with Crippen molar-refractivity contribution >= 4 is 5.97 Å². The summed E-state index contributed by atoms with van der Waals surface area (Å²) in [7, 11) is 1.27. The smallest absolute Gasteiger partial charge is 0.341 e. The molecule has 4 nitrogen and oxygen atoms in total. The third-order valence-electron chi connectivity index (χ3n) is 3.57. The van der Waals surface area contributed by atoms with E-state index in [1.54, 1.807) is 19.1 Å². The number of hydrogen-bond donors (Lipinski definition) is 2. The molecule has 0 aliphatic heterocycles. The average Bonchev–Trinajstić information content (AvgIpc) is 3.10. The van der Waals surface area contributed by atoms with Crippen LogP contribution in [0.15, 0.2) is 18.2 Å². The number of ether oxygens (including phenoxy) is 1. The van der Waals surface area contributed by atoms with Gasteiger partial charge in [-0.15, -0.1) is 0 Å². The van der Waals surface area contributed by atoms with Crippen LogP contribution in [-0.4, -0.2) is 29.4 Å². The van der Waals surface area contributed by atoms with Crippen LogP contribution in [0.3, 0.4) is 0 Å². The molecule has 0 spiro atoms. The molecule has 1 aromatic carbocycles. The van der Waals surface area contributed by atoms with Gasteiger partial charge in [0, 0.05) is 5.41 Å². The molecule has 0 saturated heterocycles. The molecule has 1 aromatic rings. The Morgan fingerprint density at radius 2 is 2.12 bits per heavy atom. The monoisotopic (exact) mass is 236 g/mol. The zero-order valence-electron chi connectivity index (χ0n) is 9.93. The lowest BCUT2D eigenvalue weighted by Gasteiger charge is -2.19. The SMILES string of the molecule is COC(=O)c1cc(C2(C(C)O)CC2)ccc1O. The van der Waals surface area contributed by atoms with Crippen molar-refractivity contribution in [3.05, 3.63) is 29.3 Å². The van der Waals surface area contributed by atoms with Crippen LogP contribution >= 0.6 is 0 Å². The van der Waals surface area contributed by atoms with Crippen molar-refractivity contribution in [3.63, 3.8) is 0 Å². The summed E-state index contributed by atoms with van der Waals surface area (Å²) >= 11 is 0. The normalized spacial score (nSPS) is 18.5. The molecule has 0 heterocycles. The van der Waals surface area contributed by atoms with Gasteiger partial charge in [0.05, 0.1) is 13.2 Å². The summed E-state index contributed by atoms with van der Waals surface area (Å²) in [5.74, 6) is -0.660. The van der Waals surface area contributed by atoms with Gasteiger partial charge in [0.15, 0.2) is 0 Å². The van der Waals surface area contributed by atoms with Crippen LogP contribution in [0.1, 0.15) is 35.7 Å². The molecular formula is C13H16O4. The molecule has 1 saturated carbocycles. The Labute approximate surface area is 99.8 Å². The van der Waals surface area contributed by atoms with Crippen molar-refractivity contribution < 1.29 is 19.7 Å². The molecule has 1 atom stereocenters. The molecule has 1 unspecified atom stereocenters. The fraction of sp³-hybridized carbons (Fsp3) is 0.462. The third-order valence-corrected chi connectivity index (χ3v) is 3.57. The summed E-state index contributed by atoms with van der Waals surface area (Å²) in [5.41, 5.74) is 0.777. The van der Waals surface area contributed by atoms with Crippen LogP contribution in [-0.2, 0) is 10.2 Å². The van der Waals surface area contributed by atoms with E-state index in [-0.39, 0.29) is 16.7 Å². The highest BCUT2D eigenvalue weighted by Crippen LogP contribution is 2.51. The summed E-state index contributed by atoms with van der Waals surface area (Å²) in [6.45, 7) is 1.75. The van der Waals surface area contributed by atoms with Crippen molar-refractivity contribution in [2.45, 2.75) is 31.3 Å². The molecule has 1 aliphatic rings. The van der Waals surface area contributed by atoms with Crippen molar-refractivity contribution in [2.75, 3.05) is 7.11 Å². The zero-order valence-corrected chi connectivity index (χ0v) is 9.93. The van der Waals surface area contributed by atoms with E-state index in [1.165, 1.54) is 13.2 Å². The second kappa shape index (κ2) is 4.04. The number of methoxy groups -OCH3 is 1. The highest BCUT2D eigenvalue weighted by molar-refractivity contribution is 5.92. The van der Waals surface area contributed by atoms with Gasteiger partial charge in [-0.3, -0.25) is 0 Å². The van der Waals surface area contributed by atoms with Crippen molar-refractivity contribution in [1.29, 1.82) is 0 Å². The fourth-order valence-corrected chi connectivity index (χ4v) is 2.20. The summed E-state index contributed by atoms with van der Waals surface area (Å²) < 4.78 is 4.60. The highest BCUT2D eigenvalue weighted by Gasteiger charge is 2.48. The lowest BCUT2D eigenvalue weighted by molar-refractivity contribution is 0.0597. The first-order chi connectivity index (χ1) is 8.01. The second-order valence-corrected chi connectivity index (χ2v) is 4.56. The maximum absolute atomic E-state index is 11.5. The van der Waals surface area contributed by atoms with Gasteiger partial charge >= 0.3 is 5.97 Å². The average molecular weight is 236 g/mol. The van der Waals surface area contributed by atoms with Gasteiger partial charge in [-0.25, -0.2) is 4.79 Å². The first-order valence-corrected chi connectivity index (χ1v) is 5.61. The molecule has 1 aliphatic carbocycles. The lowest BCUT2D eigenvalue weighted by Crippen LogP contribution is -2.22. The molecule has 2 N–H and O–H groups in total. The number of aromatic hydroxyl groups is 1. The minimum Gasteiger partial charge on any atom is -0.507 e. The van der Waals surface area contributed by atoms with E-state index in [9.17, 15) is 15.0 Å². The molecule has 0 bridgehead atoms. The summed E-state index contributed by atoms with van der Waals surface area (Å²) in [6, 6.07) is 4.84. The Kier molecular flexibility index (Phi) is 2.83. The molecular weight excluding hydrogens is 220 g/mol. The molecule has 0 amide bonds. The largest absolute Gasteiger partial charge is 0.507 e. The standard InChI is InChI=1S/C13H16O4/c1-8(14)13(5-6-13)9-3-4-11(15)10(7-9)12(16)17-2/h3-4,7-8,14-15H,5-6H2,1-2H3. The van der Waals surface area contributed by atoms with Crippen LogP contribution in [0.2, 0.25) is 0 Å². The van der Waals surface area contributed by atoms with Crippen molar-refractivity contribution in [3.8, 4) is 5.75 Å². The number of phenolic OH excluding ortho intramolecular Hbond substituents is 1. The Hall–Kier alpha value is -1.55. The topological polar surface area (TPSA) is 66.8 Å². The highest BCUT2D eigenvalue weighted by atomic mass is 16.5. The Morgan fingerprint density at radius 3 is 2.59 bits per heavy atom. The van der Waals surface area contributed by atoms with Gasteiger partial charge in [0.2, 0.25) is 0 Å². The number of carbonyl (C=O) groups excluding carboxylic acids is 1. The molecule has 4 heteroatoms. The maximum Gasteiger partial charge on any atom is 0.341 e. The van der Waals surface area contributed by atoms with E-state index in [2.05, 4.69) is 4.74 Å².